The van der Waals surface area contributed by atoms with Crippen molar-refractivity contribution in [3.05, 3.63) is 88.3 Å². The SMILES string of the molecule is COc1nc(-c2cccc(-c3cccc(Nc4nc(C(F)F)nc5cc(CN6CC[C@@H](NC(C)=O)C6)cnc45)c3C)c2Cl)ccc1CN(C)C1CCC(C(=O)O)CC1. The Bertz CT molecular complexity index is 2320. The number of rotatable bonds is 13. The van der Waals surface area contributed by atoms with Gasteiger partial charge in [0.25, 0.3) is 6.43 Å². The fourth-order valence-corrected chi connectivity index (χ4v) is 8.52. The molecule has 304 valence electrons. The average molecular weight is 813 g/mol. The van der Waals surface area contributed by atoms with Crippen LogP contribution in [0, 0.1) is 12.8 Å². The van der Waals surface area contributed by atoms with Crippen molar-refractivity contribution in [1.82, 2.24) is 35.1 Å². The van der Waals surface area contributed by atoms with E-state index in [1.165, 1.54) is 6.92 Å². The van der Waals surface area contributed by atoms with E-state index in [1.807, 2.05) is 62.5 Å². The Balaban J connectivity index is 1.12. The van der Waals surface area contributed by atoms with Gasteiger partial charge in [-0.1, -0.05) is 48.0 Å². The zero-order valence-electron chi connectivity index (χ0n) is 32.9. The molecule has 7 rings (SSSR count). The Hall–Kier alpha value is -5.31. The molecule has 1 aliphatic carbocycles. The number of alkyl halides is 2. The highest BCUT2D eigenvalue weighted by molar-refractivity contribution is 6.36. The summed E-state index contributed by atoms with van der Waals surface area (Å²) in [5, 5.41) is 16.1. The summed E-state index contributed by atoms with van der Waals surface area (Å²) in [4.78, 5) is 45.2. The number of carbonyl (C=O) groups is 2. The largest absolute Gasteiger partial charge is 0.481 e. The number of pyridine rings is 2. The summed E-state index contributed by atoms with van der Waals surface area (Å²) in [6.07, 6.45) is 2.64. The van der Waals surface area contributed by atoms with Crippen LogP contribution in [-0.4, -0.2) is 86.0 Å². The van der Waals surface area contributed by atoms with Crippen molar-refractivity contribution in [1.29, 1.82) is 0 Å². The predicted molar refractivity (Wildman–Crippen MR) is 219 cm³/mol. The number of likely N-dealkylation sites (tertiary alicyclic amines) is 1. The molecular weight excluding hydrogens is 766 g/mol. The molecule has 1 saturated carbocycles. The zero-order chi connectivity index (χ0) is 41.1. The summed E-state index contributed by atoms with van der Waals surface area (Å²) in [5.41, 5.74) is 6.77. The van der Waals surface area contributed by atoms with E-state index in [2.05, 4.69) is 35.4 Å². The molecule has 1 aliphatic heterocycles. The van der Waals surface area contributed by atoms with E-state index in [9.17, 15) is 23.5 Å². The number of ether oxygens (including phenoxy) is 1. The third-order valence-corrected chi connectivity index (χ3v) is 11.7. The number of hydrogen-bond donors (Lipinski definition) is 3. The first-order valence-corrected chi connectivity index (χ1v) is 19.8. The molecule has 0 spiro atoms. The number of benzene rings is 2. The molecular formula is C43H47ClF2N8O4. The average Bonchev–Trinajstić information content (AvgIpc) is 3.64. The maximum atomic E-state index is 14.2. The van der Waals surface area contributed by atoms with Crippen molar-refractivity contribution in [2.24, 2.45) is 5.92 Å². The van der Waals surface area contributed by atoms with Crippen molar-refractivity contribution in [3.8, 4) is 28.3 Å². The first-order valence-electron chi connectivity index (χ1n) is 19.5. The molecule has 0 radical (unpaired) electrons. The Morgan fingerprint density at radius 3 is 2.48 bits per heavy atom. The van der Waals surface area contributed by atoms with Crippen molar-refractivity contribution < 1.29 is 28.2 Å². The molecule has 1 amide bonds. The molecule has 3 aromatic heterocycles. The quantitative estimate of drug-likeness (QED) is 0.106. The van der Waals surface area contributed by atoms with Gasteiger partial charge >= 0.3 is 5.97 Å². The van der Waals surface area contributed by atoms with Crippen LogP contribution in [0.5, 0.6) is 5.88 Å². The highest BCUT2D eigenvalue weighted by atomic mass is 35.5. The summed E-state index contributed by atoms with van der Waals surface area (Å²) in [6, 6.07) is 17.4. The molecule has 1 saturated heterocycles. The lowest BCUT2D eigenvalue weighted by Gasteiger charge is -2.33. The van der Waals surface area contributed by atoms with E-state index in [0.717, 1.165) is 53.6 Å². The Morgan fingerprint density at radius 2 is 1.76 bits per heavy atom. The number of hydrogen-bond acceptors (Lipinski definition) is 10. The Labute approximate surface area is 341 Å². The van der Waals surface area contributed by atoms with Crippen LogP contribution < -0.4 is 15.4 Å². The van der Waals surface area contributed by atoms with E-state index in [1.54, 1.807) is 19.4 Å². The molecule has 1 atom stereocenters. The monoisotopic (exact) mass is 812 g/mol. The van der Waals surface area contributed by atoms with Gasteiger partial charge in [-0.15, -0.1) is 0 Å². The normalized spacial score (nSPS) is 18.5. The van der Waals surface area contributed by atoms with E-state index in [4.69, 9.17) is 21.3 Å². The van der Waals surface area contributed by atoms with Gasteiger partial charge in [0.1, 0.15) is 5.52 Å². The predicted octanol–water partition coefficient (Wildman–Crippen LogP) is 8.19. The second-order valence-electron chi connectivity index (χ2n) is 15.3. The highest BCUT2D eigenvalue weighted by Crippen LogP contribution is 2.40. The molecule has 15 heteroatoms. The zero-order valence-corrected chi connectivity index (χ0v) is 33.7. The fraction of sp³-hybridized carbons (Fsp3) is 0.395. The van der Waals surface area contributed by atoms with Gasteiger partial charge in [-0.2, -0.15) is 0 Å². The number of carboxylic acids is 1. The summed E-state index contributed by atoms with van der Waals surface area (Å²) in [5.74, 6) is -1.01. The second-order valence-corrected chi connectivity index (χ2v) is 15.6. The number of carbonyl (C=O) groups excluding carboxylic acids is 1. The molecule has 4 heterocycles. The topological polar surface area (TPSA) is 146 Å². The van der Waals surface area contributed by atoms with Crippen LogP contribution in [-0.2, 0) is 22.7 Å². The minimum Gasteiger partial charge on any atom is -0.481 e. The maximum absolute atomic E-state index is 14.2. The number of carboxylic acid groups (broad SMARTS) is 1. The van der Waals surface area contributed by atoms with Crippen molar-refractivity contribution in [2.75, 3.05) is 32.6 Å². The van der Waals surface area contributed by atoms with Crippen LogP contribution >= 0.6 is 11.6 Å². The van der Waals surface area contributed by atoms with Gasteiger partial charge in [0.05, 0.1) is 29.3 Å². The number of halogens is 3. The smallest absolute Gasteiger partial charge is 0.306 e. The molecule has 3 N–H and O–H groups in total. The Kier molecular flexibility index (Phi) is 12.5. The lowest BCUT2D eigenvalue weighted by Crippen LogP contribution is -2.36. The van der Waals surface area contributed by atoms with Crippen LogP contribution in [0.1, 0.15) is 68.0 Å². The minimum absolute atomic E-state index is 0.0660. The number of aliphatic carboxylic acids is 1. The van der Waals surface area contributed by atoms with E-state index in [0.29, 0.717) is 71.4 Å². The fourth-order valence-electron chi connectivity index (χ4n) is 8.20. The number of nitrogens with zero attached hydrogens (tertiary/aromatic N) is 6. The first kappa shape index (κ1) is 40.9. The van der Waals surface area contributed by atoms with Gasteiger partial charge in [0, 0.05) is 73.8 Å². The van der Waals surface area contributed by atoms with Gasteiger partial charge in [-0.25, -0.2) is 23.7 Å². The van der Waals surface area contributed by atoms with E-state index in [-0.39, 0.29) is 29.7 Å². The van der Waals surface area contributed by atoms with Crippen LogP contribution in [0.4, 0.5) is 20.3 Å². The summed E-state index contributed by atoms with van der Waals surface area (Å²) in [6.45, 7) is 6.05. The van der Waals surface area contributed by atoms with Crippen molar-refractivity contribution in [3.63, 3.8) is 0 Å². The van der Waals surface area contributed by atoms with Gasteiger partial charge in [-0.05, 0) is 81.0 Å². The first-order chi connectivity index (χ1) is 27.9. The third-order valence-electron chi connectivity index (χ3n) is 11.3. The summed E-state index contributed by atoms with van der Waals surface area (Å²) < 4.78 is 34.1. The van der Waals surface area contributed by atoms with E-state index < -0.39 is 18.2 Å². The van der Waals surface area contributed by atoms with E-state index >= 15 is 0 Å². The summed E-state index contributed by atoms with van der Waals surface area (Å²) >= 11 is 7.17. The van der Waals surface area contributed by atoms with Gasteiger partial charge < -0.3 is 20.5 Å². The molecule has 0 bridgehead atoms. The molecule has 12 nitrogen and oxygen atoms in total. The minimum atomic E-state index is -2.90. The van der Waals surface area contributed by atoms with Gasteiger partial charge in [0.2, 0.25) is 11.8 Å². The number of methoxy groups -OCH3 is 1. The summed E-state index contributed by atoms with van der Waals surface area (Å²) in [7, 11) is 3.64. The Morgan fingerprint density at radius 1 is 1.02 bits per heavy atom. The molecule has 5 aromatic rings. The standard InChI is InChI=1S/C43H47ClF2N8O4/c1-24-31(32-8-5-9-33(37(32)44)35-16-13-28(42(51-35)58-4)22-53(3)30-14-11-27(12-15-30)43(56)57)7-6-10-34(24)49-40-38-36(50-41(52-40)39(45)46)19-26(20-47-38)21-54-18-17-29(23-54)48-25(2)55/h5-10,13,16,19-20,27,29-30,39H,11-12,14-15,17-18,21-23H2,1-4H3,(H,48,55)(H,56,57)(H,49,50,52)/t27?,29-,30?/m1/s1. The molecule has 2 aliphatic rings. The molecule has 2 fully saturated rings. The number of aromatic nitrogens is 4. The highest BCUT2D eigenvalue weighted by Gasteiger charge is 2.29. The molecule has 2 aromatic carbocycles. The lowest BCUT2D eigenvalue weighted by molar-refractivity contribution is -0.143. The van der Waals surface area contributed by atoms with Crippen LogP contribution in [0.2, 0.25) is 5.02 Å². The number of fused-ring (bicyclic) bond motifs is 1. The number of anilines is 2. The molecule has 58 heavy (non-hydrogen) atoms. The molecule has 0 unspecified atom stereocenters. The second kappa shape index (κ2) is 17.7. The maximum Gasteiger partial charge on any atom is 0.306 e. The third kappa shape index (κ3) is 9.04. The van der Waals surface area contributed by atoms with Crippen molar-refractivity contribution >= 4 is 46.0 Å². The van der Waals surface area contributed by atoms with Crippen LogP contribution in [0.3, 0.4) is 0 Å². The van der Waals surface area contributed by atoms with Crippen LogP contribution in [0.25, 0.3) is 33.4 Å². The number of nitrogens with one attached hydrogen (secondary N) is 2. The lowest BCUT2D eigenvalue weighted by atomic mass is 9.85. The van der Waals surface area contributed by atoms with Crippen molar-refractivity contribution in [2.45, 2.75) is 77.6 Å². The number of amides is 1. The van der Waals surface area contributed by atoms with Gasteiger partial charge in [0.15, 0.2) is 11.6 Å². The van der Waals surface area contributed by atoms with Crippen LogP contribution in [0.15, 0.2) is 60.8 Å². The van der Waals surface area contributed by atoms with Gasteiger partial charge in [-0.3, -0.25) is 24.4 Å².